The molecule has 1 aromatic rings. The van der Waals surface area contributed by atoms with Gasteiger partial charge in [0.1, 0.15) is 11.1 Å². The Morgan fingerprint density at radius 1 is 1.42 bits per heavy atom. The van der Waals surface area contributed by atoms with Crippen LogP contribution in [0, 0.1) is 10.1 Å². The molecule has 0 aliphatic heterocycles. The molecule has 1 fully saturated rings. The van der Waals surface area contributed by atoms with Gasteiger partial charge in [0.05, 0.1) is 6.07 Å². The van der Waals surface area contributed by atoms with Crippen LogP contribution in [0.15, 0.2) is 6.07 Å². The molecule has 0 saturated heterocycles. The summed E-state index contributed by atoms with van der Waals surface area (Å²) in [5.41, 5.74) is -1.64. The van der Waals surface area contributed by atoms with Crippen LogP contribution >= 0.6 is 0 Å². The quantitative estimate of drug-likeness (QED) is 0.646. The van der Waals surface area contributed by atoms with Crippen LogP contribution in [-0.4, -0.2) is 32.1 Å². The normalized spacial score (nSPS) is 20.9. The maximum atomic E-state index is 13.1. The van der Waals surface area contributed by atoms with Gasteiger partial charge in [0.2, 0.25) is 5.92 Å². The maximum Gasteiger partial charge on any atom is 0.342 e. The van der Waals surface area contributed by atoms with Crippen molar-refractivity contribution in [1.82, 2.24) is 10.2 Å². The summed E-state index contributed by atoms with van der Waals surface area (Å²) in [6.45, 7) is 0. The van der Waals surface area contributed by atoms with Gasteiger partial charge in [-0.15, -0.1) is 5.10 Å². The first-order valence-corrected chi connectivity index (χ1v) is 5.58. The predicted octanol–water partition coefficient (Wildman–Crippen LogP) is 1.85. The zero-order valence-electron chi connectivity index (χ0n) is 9.73. The number of nitrogens with zero attached hydrogens (tertiary/aromatic N) is 2. The molecule has 0 radical (unpaired) electrons. The molecule has 0 unspecified atom stereocenters. The molecule has 7 nitrogen and oxygen atoms in total. The van der Waals surface area contributed by atoms with Gasteiger partial charge in [-0.2, -0.15) is 0 Å². The largest absolute Gasteiger partial charge is 0.481 e. The second-order valence-electron chi connectivity index (χ2n) is 4.64. The zero-order valence-corrected chi connectivity index (χ0v) is 9.73. The number of aromatic amines is 1. The topological polar surface area (TPSA) is 109 Å². The molecule has 1 aromatic heterocycles. The number of aliphatic carboxylic acids is 1. The molecule has 0 atom stereocenters. The van der Waals surface area contributed by atoms with Crippen LogP contribution < -0.4 is 0 Å². The number of nitrogens with one attached hydrogen (secondary N) is 1. The lowest BCUT2D eigenvalue weighted by atomic mass is 9.70. The second kappa shape index (κ2) is 4.25. The average molecular weight is 275 g/mol. The Kier molecular flexibility index (Phi) is 2.99. The minimum atomic E-state index is -2.89. The Hall–Kier alpha value is -2.06. The van der Waals surface area contributed by atoms with E-state index in [0.29, 0.717) is 0 Å². The third kappa shape index (κ3) is 2.27. The molecule has 104 valence electrons. The van der Waals surface area contributed by atoms with Gasteiger partial charge < -0.3 is 15.2 Å². The number of carboxylic acid groups (broad SMARTS) is 1. The Morgan fingerprint density at radius 2 is 2.00 bits per heavy atom. The first kappa shape index (κ1) is 13.4. The molecule has 0 bridgehead atoms. The number of alkyl halides is 2. The first-order chi connectivity index (χ1) is 8.77. The lowest BCUT2D eigenvalue weighted by molar-refractivity contribution is -0.389. The fourth-order valence-electron chi connectivity index (χ4n) is 2.27. The van der Waals surface area contributed by atoms with Crippen LogP contribution in [0.3, 0.4) is 0 Å². The van der Waals surface area contributed by atoms with Crippen molar-refractivity contribution in [2.75, 3.05) is 0 Å². The van der Waals surface area contributed by atoms with Crippen molar-refractivity contribution in [3.63, 3.8) is 0 Å². The van der Waals surface area contributed by atoms with Crippen LogP contribution in [0.1, 0.15) is 31.4 Å². The molecule has 2 N–H and O–H groups in total. The van der Waals surface area contributed by atoms with Crippen molar-refractivity contribution in [2.24, 2.45) is 0 Å². The standard InChI is InChI=1S/C10H11F2N3O4/c11-10(12)3-1-9(2-4-10,8(16)17)6-5-7(14-13-6)15(18)19/h5H,1-4H2,(H,13,14)(H,16,17). The Labute approximate surface area is 105 Å². The third-order valence-electron chi connectivity index (χ3n) is 3.50. The molecule has 1 saturated carbocycles. The van der Waals surface area contributed by atoms with Crippen LogP contribution in [0.4, 0.5) is 14.6 Å². The predicted molar refractivity (Wildman–Crippen MR) is 58.0 cm³/mol. The highest BCUT2D eigenvalue weighted by molar-refractivity contribution is 5.81. The fourth-order valence-corrected chi connectivity index (χ4v) is 2.27. The van der Waals surface area contributed by atoms with E-state index in [0.717, 1.165) is 6.07 Å². The van der Waals surface area contributed by atoms with E-state index >= 15 is 0 Å². The van der Waals surface area contributed by atoms with Gasteiger partial charge in [0.15, 0.2) is 0 Å². The highest BCUT2D eigenvalue weighted by atomic mass is 19.3. The van der Waals surface area contributed by atoms with Crippen LogP contribution in [0.25, 0.3) is 0 Å². The lowest BCUT2D eigenvalue weighted by Gasteiger charge is -2.34. The van der Waals surface area contributed by atoms with E-state index in [1.165, 1.54) is 0 Å². The smallest absolute Gasteiger partial charge is 0.342 e. The molecular formula is C10H11F2N3O4. The molecule has 0 amide bonds. The summed E-state index contributed by atoms with van der Waals surface area (Å²) in [6.07, 6.45) is -1.73. The molecule has 1 heterocycles. The number of hydrogen-bond acceptors (Lipinski definition) is 4. The van der Waals surface area contributed by atoms with Crippen LogP contribution in [0.5, 0.6) is 0 Å². The summed E-state index contributed by atoms with van der Waals surface area (Å²) in [5.74, 6) is -4.63. The van der Waals surface area contributed by atoms with Gasteiger partial charge in [-0.25, -0.2) is 8.78 Å². The Morgan fingerprint density at radius 3 is 2.42 bits per heavy atom. The number of halogens is 2. The van der Waals surface area contributed by atoms with Crippen LogP contribution in [0.2, 0.25) is 0 Å². The van der Waals surface area contributed by atoms with E-state index in [1.807, 2.05) is 0 Å². The molecule has 19 heavy (non-hydrogen) atoms. The minimum Gasteiger partial charge on any atom is -0.481 e. The highest BCUT2D eigenvalue weighted by Crippen LogP contribution is 2.45. The van der Waals surface area contributed by atoms with Crippen molar-refractivity contribution < 1.29 is 23.6 Å². The average Bonchev–Trinajstić information content (AvgIpc) is 2.79. The summed E-state index contributed by atoms with van der Waals surface area (Å²) >= 11 is 0. The molecule has 1 aliphatic rings. The molecule has 1 aliphatic carbocycles. The number of hydrogen-bond donors (Lipinski definition) is 2. The number of aromatic nitrogens is 2. The van der Waals surface area contributed by atoms with E-state index in [-0.39, 0.29) is 18.5 Å². The number of H-pyrrole nitrogens is 1. The van der Waals surface area contributed by atoms with E-state index in [4.69, 9.17) is 0 Å². The SMILES string of the molecule is O=C(O)C1(c2cc([N+](=O)[O-])[nH]n2)CCC(F)(F)CC1. The van der Waals surface area contributed by atoms with Crippen LogP contribution in [-0.2, 0) is 10.2 Å². The molecule has 9 heteroatoms. The van der Waals surface area contributed by atoms with Gasteiger partial charge in [-0.05, 0) is 17.8 Å². The van der Waals surface area contributed by atoms with E-state index in [2.05, 4.69) is 10.2 Å². The first-order valence-electron chi connectivity index (χ1n) is 5.58. The van der Waals surface area contributed by atoms with Gasteiger partial charge >= 0.3 is 11.8 Å². The summed E-state index contributed by atoms with van der Waals surface area (Å²) in [5, 5.41) is 25.5. The summed E-state index contributed by atoms with van der Waals surface area (Å²) in [6, 6.07) is 0.998. The summed E-state index contributed by atoms with van der Waals surface area (Å²) < 4.78 is 26.3. The number of rotatable bonds is 3. The van der Waals surface area contributed by atoms with Crippen molar-refractivity contribution in [3.05, 3.63) is 21.9 Å². The van der Waals surface area contributed by atoms with Gasteiger partial charge in [-0.3, -0.25) is 4.79 Å². The Bertz CT molecular complexity index is 519. The third-order valence-corrected chi connectivity index (χ3v) is 3.50. The lowest BCUT2D eigenvalue weighted by Crippen LogP contribution is -2.43. The van der Waals surface area contributed by atoms with E-state index in [1.54, 1.807) is 0 Å². The van der Waals surface area contributed by atoms with Crippen molar-refractivity contribution in [2.45, 2.75) is 37.0 Å². The summed E-state index contributed by atoms with van der Waals surface area (Å²) in [7, 11) is 0. The van der Waals surface area contributed by atoms with Gasteiger partial charge in [0, 0.05) is 12.8 Å². The number of nitro groups is 1. The van der Waals surface area contributed by atoms with Crippen molar-refractivity contribution >= 4 is 11.8 Å². The minimum absolute atomic E-state index is 0.0674. The van der Waals surface area contributed by atoms with E-state index in [9.17, 15) is 28.8 Å². The van der Waals surface area contributed by atoms with Gasteiger partial charge in [0.25, 0.3) is 0 Å². The second-order valence-corrected chi connectivity index (χ2v) is 4.64. The van der Waals surface area contributed by atoms with Gasteiger partial charge in [-0.1, -0.05) is 5.10 Å². The molecule has 0 aromatic carbocycles. The highest BCUT2D eigenvalue weighted by Gasteiger charge is 2.51. The number of carbonyl (C=O) groups is 1. The van der Waals surface area contributed by atoms with Crippen molar-refractivity contribution in [3.8, 4) is 0 Å². The van der Waals surface area contributed by atoms with E-state index < -0.39 is 40.9 Å². The fraction of sp³-hybridized carbons (Fsp3) is 0.600. The van der Waals surface area contributed by atoms with Crippen molar-refractivity contribution in [1.29, 1.82) is 0 Å². The molecule has 2 rings (SSSR count). The zero-order chi connectivity index (χ0) is 14.3. The monoisotopic (exact) mass is 275 g/mol. The number of carboxylic acids is 1. The molecule has 0 spiro atoms. The Balaban J connectivity index is 2.35. The molecular weight excluding hydrogens is 264 g/mol. The summed E-state index contributed by atoms with van der Waals surface area (Å²) in [4.78, 5) is 21.2. The maximum absolute atomic E-state index is 13.1.